The van der Waals surface area contributed by atoms with Crippen molar-refractivity contribution < 1.29 is 14.4 Å². The van der Waals surface area contributed by atoms with Gasteiger partial charge in [-0.2, -0.15) is 0 Å². The number of nitrogen functional groups attached to an aromatic ring is 1. The molecule has 0 aliphatic heterocycles. The van der Waals surface area contributed by atoms with Crippen LogP contribution in [0.15, 0.2) is 60.7 Å². The Morgan fingerprint density at radius 2 is 1.46 bits per heavy atom. The molecule has 1 aliphatic rings. The van der Waals surface area contributed by atoms with Crippen LogP contribution < -0.4 is 5.73 Å². The van der Waals surface area contributed by atoms with Crippen molar-refractivity contribution in [3.63, 3.8) is 0 Å². The molecule has 0 aromatic heterocycles. The summed E-state index contributed by atoms with van der Waals surface area (Å²) in [5.41, 5.74) is 7.43. The maximum absolute atomic E-state index is 13.0. The lowest BCUT2D eigenvalue weighted by Crippen LogP contribution is -2.23. The Morgan fingerprint density at radius 1 is 0.857 bits per heavy atom. The molecule has 4 nitrogen and oxygen atoms in total. The number of hydrogen-bond donors (Lipinski definition) is 1. The third kappa shape index (κ3) is 2.79. The molecular weight excluding hydrogens is 374 g/mol. The summed E-state index contributed by atoms with van der Waals surface area (Å²) in [7, 11) is 0. The van der Waals surface area contributed by atoms with Gasteiger partial charge in [0.15, 0.2) is 11.6 Å². The number of rotatable bonds is 1. The molecule has 1 aliphatic carbocycles. The lowest BCUT2D eigenvalue weighted by Gasteiger charge is -2.20. The predicted octanol–water partition coefficient (Wildman–Crippen LogP) is 3.93. The van der Waals surface area contributed by atoms with E-state index in [9.17, 15) is 14.4 Å². The smallest absolute Gasteiger partial charge is 0.236 e. The summed E-state index contributed by atoms with van der Waals surface area (Å²) >= 11 is 6.18. The molecule has 0 saturated heterocycles. The third-order valence-electron chi connectivity index (χ3n) is 4.54. The summed E-state index contributed by atoms with van der Waals surface area (Å²) in [6, 6.07) is 16.4. The molecule has 0 bridgehead atoms. The first kappa shape index (κ1) is 17.7. The highest BCUT2D eigenvalue weighted by molar-refractivity contribution is 6.36. The Labute approximate surface area is 165 Å². The van der Waals surface area contributed by atoms with Crippen LogP contribution in [0.3, 0.4) is 0 Å². The van der Waals surface area contributed by atoms with Crippen molar-refractivity contribution in [1.29, 1.82) is 0 Å². The molecule has 0 unspecified atom stereocenters. The summed E-state index contributed by atoms with van der Waals surface area (Å²) in [5.74, 6) is 4.05. The first-order chi connectivity index (χ1) is 13.5. The van der Waals surface area contributed by atoms with Crippen LogP contribution in [-0.2, 0) is 0 Å². The van der Waals surface area contributed by atoms with Crippen LogP contribution in [-0.4, -0.2) is 17.3 Å². The van der Waals surface area contributed by atoms with E-state index in [-0.39, 0.29) is 44.5 Å². The molecule has 2 N–H and O–H groups in total. The van der Waals surface area contributed by atoms with Gasteiger partial charge in [0.2, 0.25) is 5.78 Å². The number of fused-ring (bicyclic) bond motifs is 2. The van der Waals surface area contributed by atoms with Gasteiger partial charge in [0.05, 0.1) is 21.8 Å². The molecule has 0 fully saturated rings. The number of benzene rings is 3. The van der Waals surface area contributed by atoms with Crippen molar-refractivity contribution >= 4 is 34.6 Å². The zero-order chi connectivity index (χ0) is 19.8. The van der Waals surface area contributed by atoms with Gasteiger partial charge in [-0.05, 0) is 12.0 Å². The minimum Gasteiger partial charge on any atom is -0.396 e. The predicted molar refractivity (Wildman–Crippen MR) is 107 cm³/mol. The SMILES string of the molecule is Nc1c(Cl)cc2c(c1C#CC(=O)c1ccccc1)C(=O)c1ccccc1C2=O. The van der Waals surface area contributed by atoms with Crippen LogP contribution >= 0.6 is 11.6 Å². The fourth-order valence-corrected chi connectivity index (χ4v) is 3.35. The lowest BCUT2D eigenvalue weighted by atomic mass is 9.81. The average molecular weight is 386 g/mol. The molecule has 3 aromatic rings. The second-order valence-electron chi connectivity index (χ2n) is 6.22. The van der Waals surface area contributed by atoms with E-state index in [4.69, 9.17) is 17.3 Å². The van der Waals surface area contributed by atoms with Gasteiger partial charge in [-0.3, -0.25) is 14.4 Å². The summed E-state index contributed by atoms with van der Waals surface area (Å²) in [5, 5.41) is 0.107. The van der Waals surface area contributed by atoms with Crippen molar-refractivity contribution in [1.82, 2.24) is 0 Å². The zero-order valence-corrected chi connectivity index (χ0v) is 15.2. The van der Waals surface area contributed by atoms with E-state index in [1.54, 1.807) is 54.6 Å². The van der Waals surface area contributed by atoms with E-state index in [1.165, 1.54) is 6.07 Å². The van der Waals surface area contributed by atoms with Crippen molar-refractivity contribution in [2.24, 2.45) is 0 Å². The second kappa shape index (κ2) is 6.80. The largest absolute Gasteiger partial charge is 0.396 e. The van der Waals surface area contributed by atoms with Crippen LogP contribution in [0.25, 0.3) is 0 Å². The number of nitrogens with two attached hydrogens (primary N) is 1. The topological polar surface area (TPSA) is 77.2 Å². The zero-order valence-electron chi connectivity index (χ0n) is 14.5. The summed E-state index contributed by atoms with van der Waals surface area (Å²) in [6.45, 7) is 0. The lowest BCUT2D eigenvalue weighted by molar-refractivity contribution is 0.0979. The van der Waals surface area contributed by atoms with Crippen molar-refractivity contribution in [2.75, 3.05) is 5.73 Å². The fraction of sp³-hybridized carbons (Fsp3) is 0. The van der Waals surface area contributed by atoms with Crippen molar-refractivity contribution in [3.8, 4) is 11.8 Å². The molecule has 28 heavy (non-hydrogen) atoms. The minimum absolute atomic E-state index is 0.0642. The second-order valence-corrected chi connectivity index (χ2v) is 6.63. The molecular formula is C23H12ClNO3. The number of hydrogen-bond acceptors (Lipinski definition) is 4. The Hall–Kier alpha value is -3.68. The van der Waals surface area contributed by atoms with E-state index >= 15 is 0 Å². The van der Waals surface area contributed by atoms with Crippen molar-refractivity contribution in [2.45, 2.75) is 0 Å². The molecule has 0 radical (unpaired) electrons. The highest BCUT2D eigenvalue weighted by Crippen LogP contribution is 2.35. The number of anilines is 1. The standard InChI is InChI=1S/C23H12ClNO3/c24-18-12-17-20(23(28)15-9-5-4-8-14(15)22(17)27)16(21(18)25)10-11-19(26)13-6-2-1-3-7-13/h1-9,12H,25H2. The van der Waals surface area contributed by atoms with E-state index in [1.807, 2.05) is 0 Å². The first-order valence-electron chi connectivity index (χ1n) is 8.41. The van der Waals surface area contributed by atoms with Gasteiger partial charge >= 0.3 is 0 Å². The third-order valence-corrected chi connectivity index (χ3v) is 4.85. The highest BCUT2D eigenvalue weighted by Gasteiger charge is 2.33. The van der Waals surface area contributed by atoms with Crippen LogP contribution in [0.1, 0.15) is 47.8 Å². The molecule has 3 aromatic carbocycles. The van der Waals surface area contributed by atoms with Gasteiger partial charge in [-0.1, -0.05) is 72.1 Å². The highest BCUT2D eigenvalue weighted by atomic mass is 35.5. The van der Waals surface area contributed by atoms with Gasteiger partial charge in [-0.25, -0.2) is 0 Å². The Balaban J connectivity index is 1.90. The maximum Gasteiger partial charge on any atom is 0.236 e. The van der Waals surface area contributed by atoms with E-state index in [2.05, 4.69) is 11.8 Å². The number of carbonyl (C=O) groups excluding carboxylic acids is 3. The normalized spacial score (nSPS) is 11.9. The van der Waals surface area contributed by atoms with E-state index in [0.29, 0.717) is 11.1 Å². The quantitative estimate of drug-likeness (QED) is 0.306. The minimum atomic E-state index is -0.427. The first-order valence-corrected chi connectivity index (χ1v) is 8.78. The van der Waals surface area contributed by atoms with Crippen LogP contribution in [0, 0.1) is 11.8 Å². The molecule has 5 heteroatoms. The monoisotopic (exact) mass is 385 g/mol. The number of carbonyl (C=O) groups is 3. The fourth-order valence-electron chi connectivity index (χ4n) is 3.15. The van der Waals surface area contributed by atoms with Gasteiger partial charge in [0.1, 0.15) is 0 Å². The van der Waals surface area contributed by atoms with Gasteiger partial charge in [0, 0.05) is 22.3 Å². The summed E-state index contributed by atoms with van der Waals surface area (Å²) in [4.78, 5) is 38.2. The molecule has 0 heterocycles. The van der Waals surface area contributed by atoms with Crippen LogP contribution in [0.5, 0.6) is 0 Å². The molecule has 134 valence electrons. The van der Waals surface area contributed by atoms with Gasteiger partial charge < -0.3 is 5.73 Å². The number of ketones is 3. The van der Waals surface area contributed by atoms with E-state index < -0.39 is 5.78 Å². The van der Waals surface area contributed by atoms with Crippen LogP contribution in [0.2, 0.25) is 5.02 Å². The van der Waals surface area contributed by atoms with Gasteiger partial charge in [-0.15, -0.1) is 0 Å². The summed E-state index contributed by atoms with van der Waals surface area (Å²) < 4.78 is 0. The van der Waals surface area contributed by atoms with Crippen molar-refractivity contribution in [3.05, 3.63) is 99.1 Å². The maximum atomic E-state index is 13.0. The molecule has 0 saturated carbocycles. The van der Waals surface area contributed by atoms with Crippen LogP contribution in [0.4, 0.5) is 5.69 Å². The molecule has 4 rings (SSSR count). The Kier molecular flexibility index (Phi) is 4.31. The Morgan fingerprint density at radius 3 is 2.14 bits per heavy atom. The Bertz CT molecular complexity index is 1230. The number of Topliss-reactive ketones (excluding diaryl/α,β-unsaturated/α-hetero) is 1. The van der Waals surface area contributed by atoms with E-state index in [0.717, 1.165) is 0 Å². The molecule has 0 atom stereocenters. The molecule has 0 spiro atoms. The molecule has 0 amide bonds. The summed E-state index contributed by atoms with van der Waals surface area (Å²) in [6.07, 6.45) is 0. The average Bonchev–Trinajstić information content (AvgIpc) is 2.73. The number of halogens is 1. The van der Waals surface area contributed by atoms with Gasteiger partial charge in [0.25, 0.3) is 0 Å².